The summed E-state index contributed by atoms with van der Waals surface area (Å²) in [5.74, 6) is -0.461. The maximum absolute atomic E-state index is 14.1. The zero-order chi connectivity index (χ0) is 20.3. The normalized spacial score (nSPS) is 11.0. The van der Waals surface area contributed by atoms with E-state index in [0.717, 1.165) is 35.5 Å². The van der Waals surface area contributed by atoms with Crippen molar-refractivity contribution in [3.8, 4) is 0 Å². The molecular weight excluding hydrogens is 409 g/mol. The van der Waals surface area contributed by atoms with Crippen molar-refractivity contribution in [3.05, 3.63) is 58.9 Å². The van der Waals surface area contributed by atoms with Crippen LogP contribution in [0.25, 0.3) is 10.2 Å². The third-order valence-corrected chi connectivity index (χ3v) is 6.17. The molecule has 29 heavy (non-hydrogen) atoms. The van der Waals surface area contributed by atoms with E-state index in [4.69, 9.17) is 0 Å². The van der Waals surface area contributed by atoms with Crippen LogP contribution in [-0.4, -0.2) is 42.0 Å². The molecule has 3 aromatic rings. The van der Waals surface area contributed by atoms with Crippen LogP contribution in [0.2, 0.25) is 0 Å². The predicted octanol–water partition coefficient (Wildman–Crippen LogP) is 5.46. The number of halogens is 2. The number of amides is 1. The van der Waals surface area contributed by atoms with E-state index < -0.39 is 0 Å². The Labute approximate surface area is 181 Å². The summed E-state index contributed by atoms with van der Waals surface area (Å²) < 4.78 is 14.9. The molecule has 0 atom stereocenters. The minimum absolute atomic E-state index is 0. The van der Waals surface area contributed by atoms with Crippen molar-refractivity contribution >= 4 is 45.0 Å². The maximum atomic E-state index is 14.1. The van der Waals surface area contributed by atoms with Gasteiger partial charge in [-0.25, -0.2) is 9.37 Å². The van der Waals surface area contributed by atoms with Gasteiger partial charge in [-0.15, -0.1) is 12.4 Å². The van der Waals surface area contributed by atoms with E-state index in [1.165, 1.54) is 17.4 Å². The fraction of sp³-hybridized carbons (Fsp3) is 0.364. The van der Waals surface area contributed by atoms with Gasteiger partial charge in [0.1, 0.15) is 11.3 Å². The SMILES string of the molecule is CCN(CC)CCN(C(=O)c1ccc(C)c(C)c1)c1nc2c(F)cccc2s1.Cl. The molecule has 1 heterocycles. The fourth-order valence-corrected chi connectivity index (χ4v) is 4.12. The molecule has 0 saturated heterocycles. The highest BCUT2D eigenvalue weighted by atomic mass is 35.5. The number of nitrogens with zero attached hydrogens (tertiary/aromatic N) is 3. The van der Waals surface area contributed by atoms with E-state index in [1.807, 2.05) is 38.1 Å². The zero-order valence-corrected chi connectivity index (χ0v) is 18.9. The van der Waals surface area contributed by atoms with Crippen LogP contribution in [0.4, 0.5) is 9.52 Å². The number of benzene rings is 2. The van der Waals surface area contributed by atoms with Crippen LogP contribution < -0.4 is 4.90 Å². The lowest BCUT2D eigenvalue weighted by Gasteiger charge is -2.25. The molecule has 0 aliphatic heterocycles. The molecule has 156 valence electrons. The number of fused-ring (bicyclic) bond motifs is 1. The lowest BCUT2D eigenvalue weighted by atomic mass is 10.1. The van der Waals surface area contributed by atoms with Gasteiger partial charge in [-0.3, -0.25) is 9.69 Å². The molecule has 0 radical (unpaired) electrons. The van der Waals surface area contributed by atoms with Crippen molar-refractivity contribution in [1.82, 2.24) is 9.88 Å². The standard InChI is InChI=1S/C22H26FN3OS.ClH/c1-5-25(6-2)12-13-26(21(27)17-11-10-15(3)16(4)14-17)22-24-20-18(23)8-7-9-19(20)28-22;/h7-11,14H,5-6,12-13H2,1-4H3;1H. The summed E-state index contributed by atoms with van der Waals surface area (Å²) in [5.41, 5.74) is 3.17. The summed E-state index contributed by atoms with van der Waals surface area (Å²) in [6, 6.07) is 10.6. The quantitative estimate of drug-likeness (QED) is 0.494. The van der Waals surface area contributed by atoms with Crippen molar-refractivity contribution in [2.45, 2.75) is 27.7 Å². The lowest BCUT2D eigenvalue weighted by molar-refractivity contribution is 0.0983. The van der Waals surface area contributed by atoms with Gasteiger partial charge in [0.2, 0.25) is 0 Å². The van der Waals surface area contributed by atoms with Gasteiger partial charge in [0, 0.05) is 18.7 Å². The highest BCUT2D eigenvalue weighted by Crippen LogP contribution is 2.31. The van der Waals surface area contributed by atoms with E-state index in [0.29, 0.717) is 22.8 Å². The van der Waals surface area contributed by atoms with Gasteiger partial charge in [0.25, 0.3) is 5.91 Å². The third-order valence-electron chi connectivity index (χ3n) is 5.12. The number of hydrogen-bond donors (Lipinski definition) is 0. The van der Waals surface area contributed by atoms with Crippen LogP contribution in [0, 0.1) is 19.7 Å². The van der Waals surface area contributed by atoms with Gasteiger partial charge < -0.3 is 4.90 Å². The van der Waals surface area contributed by atoms with Gasteiger partial charge in [0.15, 0.2) is 5.13 Å². The molecule has 0 aliphatic carbocycles. The monoisotopic (exact) mass is 435 g/mol. The van der Waals surface area contributed by atoms with Gasteiger partial charge in [-0.1, -0.05) is 37.3 Å². The number of carbonyl (C=O) groups excluding carboxylic acids is 1. The molecular formula is C22H27ClFN3OS. The molecule has 0 unspecified atom stereocenters. The molecule has 3 rings (SSSR count). The molecule has 2 aromatic carbocycles. The maximum Gasteiger partial charge on any atom is 0.260 e. The fourth-order valence-electron chi connectivity index (χ4n) is 3.11. The number of thiazole rings is 1. The Morgan fingerprint density at radius 1 is 1.07 bits per heavy atom. The molecule has 0 fully saturated rings. The Balaban J connectivity index is 0.00000300. The van der Waals surface area contributed by atoms with Crippen LogP contribution in [0.3, 0.4) is 0 Å². The first-order valence-corrected chi connectivity index (χ1v) is 10.4. The molecule has 0 saturated carbocycles. The van der Waals surface area contributed by atoms with E-state index in [2.05, 4.69) is 23.7 Å². The number of aryl methyl sites for hydroxylation is 2. The number of hydrogen-bond acceptors (Lipinski definition) is 4. The van der Waals surface area contributed by atoms with E-state index in [-0.39, 0.29) is 24.1 Å². The van der Waals surface area contributed by atoms with Crippen LogP contribution >= 0.6 is 23.7 Å². The predicted molar refractivity (Wildman–Crippen MR) is 122 cm³/mol. The van der Waals surface area contributed by atoms with E-state index in [9.17, 15) is 9.18 Å². The Kier molecular flexibility index (Phi) is 8.14. The number of rotatable bonds is 7. The second kappa shape index (κ2) is 10.1. The van der Waals surface area contributed by atoms with Crippen molar-refractivity contribution in [2.24, 2.45) is 0 Å². The number of anilines is 1. The minimum Gasteiger partial charge on any atom is -0.302 e. The Bertz CT molecular complexity index is 987. The average Bonchev–Trinajstić information content (AvgIpc) is 3.12. The molecule has 0 aliphatic rings. The zero-order valence-electron chi connectivity index (χ0n) is 17.2. The second-order valence-electron chi connectivity index (χ2n) is 6.87. The summed E-state index contributed by atoms with van der Waals surface area (Å²) in [6.07, 6.45) is 0. The first kappa shape index (κ1) is 23.3. The van der Waals surface area contributed by atoms with Crippen molar-refractivity contribution in [1.29, 1.82) is 0 Å². The van der Waals surface area contributed by atoms with Crippen molar-refractivity contribution < 1.29 is 9.18 Å². The van der Waals surface area contributed by atoms with Gasteiger partial charge >= 0.3 is 0 Å². The molecule has 0 spiro atoms. The lowest BCUT2D eigenvalue weighted by Crippen LogP contribution is -2.38. The van der Waals surface area contributed by atoms with Crippen LogP contribution in [-0.2, 0) is 0 Å². The Hall–Kier alpha value is -2.02. The molecule has 4 nitrogen and oxygen atoms in total. The van der Waals surface area contributed by atoms with Crippen molar-refractivity contribution in [3.63, 3.8) is 0 Å². The molecule has 0 N–H and O–H groups in total. The van der Waals surface area contributed by atoms with Crippen LogP contribution in [0.5, 0.6) is 0 Å². The van der Waals surface area contributed by atoms with Crippen molar-refractivity contribution in [2.75, 3.05) is 31.1 Å². The molecule has 7 heteroatoms. The average molecular weight is 436 g/mol. The summed E-state index contributed by atoms with van der Waals surface area (Å²) in [6.45, 7) is 11.3. The van der Waals surface area contributed by atoms with E-state index in [1.54, 1.807) is 11.0 Å². The summed E-state index contributed by atoms with van der Waals surface area (Å²) in [7, 11) is 0. The number of likely N-dealkylation sites (N-methyl/N-ethyl adjacent to an activating group) is 1. The highest BCUT2D eigenvalue weighted by molar-refractivity contribution is 7.22. The smallest absolute Gasteiger partial charge is 0.260 e. The third kappa shape index (κ3) is 5.13. The summed E-state index contributed by atoms with van der Waals surface area (Å²) >= 11 is 1.35. The molecule has 1 aromatic heterocycles. The minimum atomic E-state index is -0.359. The molecule has 0 bridgehead atoms. The second-order valence-corrected chi connectivity index (χ2v) is 7.87. The Morgan fingerprint density at radius 2 is 1.79 bits per heavy atom. The first-order chi connectivity index (χ1) is 13.4. The number of carbonyl (C=O) groups is 1. The van der Waals surface area contributed by atoms with Crippen LogP contribution in [0.1, 0.15) is 35.3 Å². The van der Waals surface area contributed by atoms with Crippen LogP contribution in [0.15, 0.2) is 36.4 Å². The largest absolute Gasteiger partial charge is 0.302 e. The van der Waals surface area contributed by atoms with Gasteiger partial charge in [0.05, 0.1) is 4.70 Å². The summed E-state index contributed by atoms with van der Waals surface area (Å²) in [4.78, 5) is 21.7. The van der Waals surface area contributed by atoms with Gasteiger partial charge in [-0.05, 0) is 62.3 Å². The number of para-hydroxylation sites is 1. The number of aromatic nitrogens is 1. The van der Waals surface area contributed by atoms with Gasteiger partial charge in [-0.2, -0.15) is 0 Å². The van der Waals surface area contributed by atoms with E-state index >= 15 is 0 Å². The first-order valence-electron chi connectivity index (χ1n) is 9.61. The molecule has 1 amide bonds. The highest BCUT2D eigenvalue weighted by Gasteiger charge is 2.23. The topological polar surface area (TPSA) is 36.4 Å². The Morgan fingerprint density at radius 3 is 2.41 bits per heavy atom. The summed E-state index contributed by atoms with van der Waals surface area (Å²) in [5, 5.41) is 0.537.